The van der Waals surface area contributed by atoms with Gasteiger partial charge < -0.3 is 13.4 Å². The van der Waals surface area contributed by atoms with Crippen molar-refractivity contribution in [2.45, 2.75) is 142 Å². The SMILES string of the molecule is CCCCCCCCCCCC[N+](C)(C)CCN(C)CC[N+](C)(C)CC[N+](C)(C)CCCCCCCCCCCC. The molecule has 4 nitrogen and oxygen atoms in total. The van der Waals surface area contributed by atoms with E-state index in [0.717, 1.165) is 4.48 Å². The third-order valence-electron chi connectivity index (χ3n) is 9.72. The fraction of sp³-hybridized carbons (Fsp3) is 1.00. The molecule has 41 heavy (non-hydrogen) atoms. The molecule has 248 valence electrons. The van der Waals surface area contributed by atoms with Crippen LogP contribution in [0.3, 0.4) is 0 Å². The van der Waals surface area contributed by atoms with E-state index in [9.17, 15) is 0 Å². The molecule has 0 unspecified atom stereocenters. The van der Waals surface area contributed by atoms with Crippen molar-refractivity contribution in [3.05, 3.63) is 0 Å². The van der Waals surface area contributed by atoms with Gasteiger partial charge in [0.2, 0.25) is 0 Å². The lowest BCUT2D eigenvalue weighted by molar-refractivity contribution is -0.945. The predicted molar refractivity (Wildman–Crippen MR) is 187 cm³/mol. The molecule has 0 bridgehead atoms. The van der Waals surface area contributed by atoms with Crippen molar-refractivity contribution in [3.63, 3.8) is 0 Å². The van der Waals surface area contributed by atoms with Crippen LogP contribution in [0, 0.1) is 0 Å². The van der Waals surface area contributed by atoms with E-state index in [1.54, 1.807) is 0 Å². The zero-order chi connectivity index (χ0) is 30.9. The van der Waals surface area contributed by atoms with Crippen LogP contribution in [0.2, 0.25) is 0 Å². The maximum Gasteiger partial charge on any atom is 0.128 e. The number of likely N-dealkylation sites (N-methyl/N-ethyl adjacent to an activating group) is 4. The minimum absolute atomic E-state index is 1.14. The van der Waals surface area contributed by atoms with Crippen LogP contribution >= 0.6 is 0 Å². The fourth-order valence-corrected chi connectivity index (χ4v) is 5.93. The number of rotatable bonds is 31. The first-order chi connectivity index (χ1) is 19.4. The summed E-state index contributed by atoms with van der Waals surface area (Å²) in [7, 11) is 17.0. The Bertz CT molecular complexity index is 557. The number of hydrogen-bond acceptors (Lipinski definition) is 1. The van der Waals surface area contributed by atoms with Crippen LogP contribution in [0.1, 0.15) is 142 Å². The normalized spacial score (nSPS) is 13.0. The molecule has 0 saturated carbocycles. The van der Waals surface area contributed by atoms with E-state index in [2.05, 4.69) is 68.1 Å². The molecule has 0 aromatic heterocycles. The van der Waals surface area contributed by atoms with E-state index < -0.39 is 0 Å². The van der Waals surface area contributed by atoms with Gasteiger partial charge in [0.25, 0.3) is 0 Å². The first-order valence-electron chi connectivity index (χ1n) is 18.6. The van der Waals surface area contributed by atoms with Crippen molar-refractivity contribution >= 4 is 0 Å². The molecule has 0 aliphatic rings. The van der Waals surface area contributed by atoms with Crippen LogP contribution in [0.4, 0.5) is 0 Å². The minimum Gasteiger partial charge on any atom is -0.327 e. The summed E-state index contributed by atoms with van der Waals surface area (Å²) in [5.41, 5.74) is 0. The molecule has 0 spiro atoms. The summed E-state index contributed by atoms with van der Waals surface area (Å²) in [6, 6.07) is 0. The quantitative estimate of drug-likeness (QED) is 0.0581. The molecule has 0 rings (SSSR count). The first kappa shape index (κ1) is 40.8. The molecule has 0 N–H and O–H groups in total. The second-order valence-corrected chi connectivity index (χ2v) is 15.8. The van der Waals surface area contributed by atoms with Crippen molar-refractivity contribution in [1.82, 2.24) is 4.90 Å². The smallest absolute Gasteiger partial charge is 0.128 e. The zero-order valence-corrected chi connectivity index (χ0v) is 30.6. The van der Waals surface area contributed by atoms with E-state index in [4.69, 9.17) is 0 Å². The molecular formula is C37H83N4+3. The summed E-state index contributed by atoms with van der Waals surface area (Å²) in [5.74, 6) is 0. The highest BCUT2D eigenvalue weighted by molar-refractivity contribution is 4.53. The van der Waals surface area contributed by atoms with Crippen molar-refractivity contribution in [3.8, 4) is 0 Å². The molecule has 0 saturated heterocycles. The first-order valence-corrected chi connectivity index (χ1v) is 18.6. The summed E-state index contributed by atoms with van der Waals surface area (Å²) in [6.07, 6.45) is 28.6. The standard InChI is InChI=1S/C37H83N4/c1-10-12-14-16-18-20-22-24-26-28-32-39(4,5)34-30-38(3)31-35-41(8,9)37-36-40(6,7)33-29-27-25-23-21-19-17-15-13-11-2/h10-37H2,1-9H3/q+3. The van der Waals surface area contributed by atoms with E-state index in [0.29, 0.717) is 0 Å². The van der Waals surface area contributed by atoms with Crippen LogP contribution in [-0.4, -0.2) is 120 Å². The molecule has 0 aromatic carbocycles. The monoisotopic (exact) mass is 584 g/mol. The van der Waals surface area contributed by atoms with Gasteiger partial charge >= 0.3 is 0 Å². The van der Waals surface area contributed by atoms with Crippen molar-refractivity contribution in [2.75, 3.05) is 102 Å². The highest BCUT2D eigenvalue weighted by Crippen LogP contribution is 2.13. The number of hydrogen-bond donors (Lipinski definition) is 0. The Labute approximate surface area is 262 Å². The Kier molecular flexibility index (Phi) is 25.1. The predicted octanol–water partition coefficient (Wildman–Crippen LogP) is 8.99. The lowest BCUT2D eigenvalue weighted by Gasteiger charge is -2.37. The molecule has 4 heteroatoms. The molecule has 0 fully saturated rings. The molecule has 0 aromatic rings. The summed E-state index contributed by atoms with van der Waals surface area (Å²) >= 11 is 0. The lowest BCUT2D eigenvalue weighted by Crippen LogP contribution is -2.53. The maximum absolute atomic E-state index is 2.59. The highest BCUT2D eigenvalue weighted by atomic mass is 15.4. The van der Waals surface area contributed by atoms with Crippen LogP contribution in [0.15, 0.2) is 0 Å². The summed E-state index contributed by atoms with van der Waals surface area (Å²) in [4.78, 5) is 2.59. The third kappa shape index (κ3) is 28.4. The second kappa shape index (κ2) is 25.2. The minimum atomic E-state index is 1.14. The van der Waals surface area contributed by atoms with Crippen molar-refractivity contribution in [2.24, 2.45) is 0 Å². The van der Waals surface area contributed by atoms with Gasteiger partial charge in [0.15, 0.2) is 0 Å². The van der Waals surface area contributed by atoms with Crippen LogP contribution in [0.25, 0.3) is 0 Å². The Balaban J connectivity index is 3.92. The summed E-state index contributed by atoms with van der Waals surface area (Å²) < 4.78 is 3.49. The maximum atomic E-state index is 2.59. The van der Waals surface area contributed by atoms with Crippen LogP contribution < -0.4 is 0 Å². The Hall–Kier alpha value is -0.160. The molecule has 0 atom stereocenters. The average Bonchev–Trinajstić information content (AvgIpc) is 2.92. The molecular weight excluding hydrogens is 500 g/mol. The number of unbranched alkanes of at least 4 members (excludes halogenated alkanes) is 18. The summed E-state index contributed by atoms with van der Waals surface area (Å²) in [5, 5.41) is 0. The topological polar surface area (TPSA) is 3.24 Å². The van der Waals surface area contributed by atoms with E-state index in [1.807, 2.05) is 0 Å². The van der Waals surface area contributed by atoms with Gasteiger partial charge in [-0.1, -0.05) is 117 Å². The largest absolute Gasteiger partial charge is 0.327 e. The van der Waals surface area contributed by atoms with E-state index >= 15 is 0 Å². The van der Waals surface area contributed by atoms with Crippen molar-refractivity contribution < 1.29 is 13.4 Å². The van der Waals surface area contributed by atoms with Crippen molar-refractivity contribution in [1.29, 1.82) is 0 Å². The fourth-order valence-electron chi connectivity index (χ4n) is 5.93. The lowest BCUT2D eigenvalue weighted by atomic mass is 10.1. The second-order valence-electron chi connectivity index (χ2n) is 15.8. The molecule has 0 amide bonds. The van der Waals surface area contributed by atoms with Gasteiger partial charge in [0, 0.05) is 13.1 Å². The van der Waals surface area contributed by atoms with Gasteiger partial charge in [0.1, 0.15) is 13.1 Å². The average molecular weight is 584 g/mol. The van der Waals surface area contributed by atoms with E-state index in [1.165, 1.54) is 190 Å². The van der Waals surface area contributed by atoms with Gasteiger partial charge in [-0.05, 0) is 32.7 Å². The zero-order valence-electron chi connectivity index (χ0n) is 30.6. The molecule has 0 aliphatic heterocycles. The van der Waals surface area contributed by atoms with Gasteiger partial charge in [-0.25, -0.2) is 0 Å². The van der Waals surface area contributed by atoms with Gasteiger partial charge in [-0.3, -0.25) is 4.90 Å². The van der Waals surface area contributed by atoms with Crippen LogP contribution in [0.5, 0.6) is 0 Å². The van der Waals surface area contributed by atoms with Gasteiger partial charge in [-0.15, -0.1) is 0 Å². The number of quaternary nitrogens is 3. The van der Waals surface area contributed by atoms with Gasteiger partial charge in [0.05, 0.1) is 68.5 Å². The molecule has 0 radical (unpaired) electrons. The van der Waals surface area contributed by atoms with E-state index in [-0.39, 0.29) is 0 Å². The number of nitrogens with zero attached hydrogens (tertiary/aromatic N) is 4. The Morgan fingerprint density at radius 1 is 0.317 bits per heavy atom. The third-order valence-corrected chi connectivity index (χ3v) is 9.72. The van der Waals surface area contributed by atoms with Gasteiger partial charge in [-0.2, -0.15) is 0 Å². The Morgan fingerprint density at radius 3 is 0.878 bits per heavy atom. The highest BCUT2D eigenvalue weighted by Gasteiger charge is 2.23. The van der Waals surface area contributed by atoms with Crippen LogP contribution in [-0.2, 0) is 0 Å². The molecule has 0 heterocycles. The molecule has 0 aliphatic carbocycles. The summed E-state index contributed by atoms with van der Waals surface area (Å²) in [6.45, 7) is 14.8. The Morgan fingerprint density at radius 2 is 0.561 bits per heavy atom.